The number of rotatable bonds is 1. The summed E-state index contributed by atoms with van der Waals surface area (Å²) in [7, 11) is 1.82. The molecule has 18 heavy (non-hydrogen) atoms. The number of hydrogen-bond donors (Lipinski definition) is 0. The first-order valence-electron chi connectivity index (χ1n) is 5.63. The number of carbonyl (C=O) groups is 2. The molecule has 0 atom stereocenters. The average molecular weight is 312 g/mol. The van der Waals surface area contributed by atoms with Crippen molar-refractivity contribution in [3.63, 3.8) is 0 Å². The topological polar surface area (TPSA) is 52.6 Å². The van der Waals surface area contributed by atoms with E-state index in [0.29, 0.717) is 0 Å². The maximum absolute atomic E-state index is 11.6. The number of hydrogen-bond acceptors (Lipinski definition) is 4. The second-order valence-electron chi connectivity index (χ2n) is 5.00. The minimum Gasteiger partial charge on any atom is -0.596 e. The van der Waals surface area contributed by atoms with E-state index in [9.17, 15) is 9.59 Å². The molecular formula is C11H11BBrNO4. The summed E-state index contributed by atoms with van der Waals surface area (Å²) in [6, 6.07) is 7.32. The van der Waals surface area contributed by atoms with Gasteiger partial charge in [0.05, 0.1) is 0 Å². The van der Waals surface area contributed by atoms with Gasteiger partial charge in [-0.05, 0) is 0 Å². The zero-order chi connectivity index (χ0) is 13.0. The SMILES string of the molecule is C[N+]12CC(=O)O[B-]1(c1ccc(Br)cc1)OC(=O)C2. The van der Waals surface area contributed by atoms with E-state index in [1.54, 1.807) is 0 Å². The Hall–Kier alpha value is -1.34. The lowest BCUT2D eigenvalue weighted by atomic mass is 9.61. The van der Waals surface area contributed by atoms with Crippen LogP contribution in [0.25, 0.3) is 0 Å². The van der Waals surface area contributed by atoms with E-state index < -0.39 is 6.69 Å². The van der Waals surface area contributed by atoms with Crippen LogP contribution < -0.4 is 5.46 Å². The van der Waals surface area contributed by atoms with Crippen molar-refractivity contribution in [2.75, 3.05) is 20.1 Å². The fraction of sp³-hybridized carbons (Fsp3) is 0.273. The molecule has 2 saturated heterocycles. The summed E-state index contributed by atoms with van der Waals surface area (Å²) in [4.78, 5) is 23.2. The van der Waals surface area contributed by atoms with E-state index in [-0.39, 0.29) is 29.4 Å². The molecule has 0 radical (unpaired) electrons. The van der Waals surface area contributed by atoms with E-state index in [0.717, 1.165) is 9.94 Å². The minimum absolute atomic E-state index is 0.168. The molecule has 0 unspecified atom stereocenters. The molecule has 7 heteroatoms. The van der Waals surface area contributed by atoms with E-state index in [4.69, 9.17) is 9.31 Å². The zero-order valence-corrected chi connectivity index (χ0v) is 11.3. The Morgan fingerprint density at radius 1 is 1.11 bits per heavy atom. The molecule has 0 aliphatic carbocycles. The van der Waals surface area contributed by atoms with Gasteiger partial charge in [0.15, 0.2) is 0 Å². The van der Waals surface area contributed by atoms with Crippen LogP contribution in [0.1, 0.15) is 0 Å². The number of likely N-dealkylation sites (N-methyl/N-ethyl adjacent to an activating group) is 1. The van der Waals surface area contributed by atoms with Crippen LogP contribution in [0, 0.1) is 0 Å². The molecule has 2 aliphatic heterocycles. The monoisotopic (exact) mass is 311 g/mol. The second kappa shape index (κ2) is 3.58. The normalized spacial score (nSPS) is 34.1. The van der Waals surface area contributed by atoms with E-state index >= 15 is 0 Å². The van der Waals surface area contributed by atoms with Crippen molar-refractivity contribution in [1.82, 2.24) is 0 Å². The van der Waals surface area contributed by atoms with E-state index in [1.165, 1.54) is 0 Å². The van der Waals surface area contributed by atoms with Gasteiger partial charge in [-0.15, -0.1) is 0 Å². The summed E-state index contributed by atoms with van der Waals surface area (Å²) in [6.07, 6.45) is 0. The number of quaternary nitrogens is 1. The Bertz CT molecular complexity index is 524. The molecule has 0 amide bonds. The van der Waals surface area contributed by atoms with Gasteiger partial charge in [0, 0.05) is 11.5 Å². The van der Waals surface area contributed by atoms with Crippen LogP contribution in [0.2, 0.25) is 0 Å². The lowest BCUT2D eigenvalue weighted by molar-refractivity contribution is -0.791. The molecular weight excluding hydrogens is 301 g/mol. The van der Waals surface area contributed by atoms with Gasteiger partial charge in [0.25, 0.3) is 0 Å². The van der Waals surface area contributed by atoms with E-state index in [2.05, 4.69) is 15.9 Å². The molecule has 5 nitrogen and oxygen atoms in total. The fourth-order valence-corrected chi connectivity index (χ4v) is 3.06. The molecule has 0 saturated carbocycles. The van der Waals surface area contributed by atoms with Crippen molar-refractivity contribution in [1.29, 1.82) is 0 Å². The van der Waals surface area contributed by atoms with Gasteiger partial charge < -0.3 is 13.7 Å². The quantitative estimate of drug-likeness (QED) is 0.693. The van der Waals surface area contributed by atoms with E-state index in [1.807, 2.05) is 31.3 Å². The molecule has 0 N–H and O–H groups in total. The van der Waals surface area contributed by atoms with Crippen molar-refractivity contribution in [2.24, 2.45) is 0 Å². The smallest absolute Gasteiger partial charge is 0.596 e. The highest BCUT2D eigenvalue weighted by Gasteiger charge is 2.65. The van der Waals surface area contributed by atoms with Crippen molar-refractivity contribution in [3.05, 3.63) is 28.7 Å². The Morgan fingerprint density at radius 3 is 2.11 bits per heavy atom. The van der Waals surface area contributed by atoms with Gasteiger partial charge in [0.1, 0.15) is 13.1 Å². The van der Waals surface area contributed by atoms with Crippen LogP contribution in [0.4, 0.5) is 0 Å². The highest BCUT2D eigenvalue weighted by Crippen LogP contribution is 2.33. The number of benzene rings is 1. The lowest BCUT2D eigenvalue weighted by Gasteiger charge is -2.39. The van der Waals surface area contributed by atoms with Crippen molar-refractivity contribution in [3.8, 4) is 0 Å². The third kappa shape index (κ3) is 1.44. The Balaban J connectivity index is 2.13. The number of nitrogens with zero attached hydrogens (tertiary/aromatic N) is 1. The third-order valence-corrected chi connectivity index (χ3v) is 4.20. The van der Waals surface area contributed by atoms with Gasteiger partial charge >= 0.3 is 18.6 Å². The first-order valence-corrected chi connectivity index (χ1v) is 6.42. The van der Waals surface area contributed by atoms with Crippen LogP contribution in [0.5, 0.6) is 0 Å². The third-order valence-electron chi connectivity index (χ3n) is 3.67. The first-order chi connectivity index (χ1) is 8.45. The zero-order valence-electron chi connectivity index (χ0n) is 9.76. The number of halogens is 1. The molecule has 0 bridgehead atoms. The molecule has 2 heterocycles. The van der Waals surface area contributed by atoms with Crippen LogP contribution >= 0.6 is 15.9 Å². The van der Waals surface area contributed by atoms with Gasteiger partial charge in [-0.3, -0.25) is 9.59 Å². The summed E-state index contributed by atoms with van der Waals surface area (Å²) >= 11 is 3.35. The molecule has 3 rings (SSSR count). The second-order valence-corrected chi connectivity index (χ2v) is 5.91. The van der Waals surface area contributed by atoms with Gasteiger partial charge in [-0.2, -0.15) is 0 Å². The molecule has 2 aliphatic rings. The summed E-state index contributed by atoms with van der Waals surface area (Å²) < 4.78 is 11.9. The first kappa shape index (κ1) is 11.7. The van der Waals surface area contributed by atoms with Gasteiger partial charge in [-0.25, -0.2) is 0 Å². The standard InChI is InChI=1S/C11H11BBrNO4/c1-14-6-10(15)17-12(14,18-11(16)7-14)8-2-4-9(13)5-3-8/h2-5H,6-7H2,1H3. The lowest BCUT2D eigenvalue weighted by Crippen LogP contribution is -2.67. The van der Waals surface area contributed by atoms with Crippen molar-refractivity contribution >= 4 is 40.0 Å². The van der Waals surface area contributed by atoms with Crippen LogP contribution in [0.15, 0.2) is 28.7 Å². The Morgan fingerprint density at radius 2 is 1.61 bits per heavy atom. The Labute approximate surface area is 112 Å². The number of carbonyl (C=O) groups excluding carboxylic acids is 2. The predicted octanol–water partition coefficient (Wildman–Crippen LogP) is 0.155. The van der Waals surface area contributed by atoms with Crippen molar-refractivity contribution in [2.45, 2.75) is 0 Å². The summed E-state index contributed by atoms with van der Waals surface area (Å²) in [5.74, 6) is -0.652. The largest absolute Gasteiger partial charge is 0.614 e. The molecule has 1 aromatic rings. The summed E-state index contributed by atoms with van der Waals surface area (Å²) in [5, 5.41) is 0. The molecule has 0 spiro atoms. The van der Waals surface area contributed by atoms with Crippen LogP contribution in [-0.4, -0.2) is 43.2 Å². The molecule has 1 aromatic carbocycles. The highest BCUT2D eigenvalue weighted by atomic mass is 79.9. The molecule has 94 valence electrons. The predicted molar refractivity (Wildman–Crippen MR) is 67.6 cm³/mol. The highest BCUT2D eigenvalue weighted by molar-refractivity contribution is 9.10. The average Bonchev–Trinajstić information content (AvgIpc) is 2.63. The maximum Gasteiger partial charge on any atom is 0.614 e. The summed E-state index contributed by atoms with van der Waals surface area (Å²) in [6.45, 7) is -1.75. The Kier molecular flexibility index (Phi) is 2.34. The summed E-state index contributed by atoms with van der Waals surface area (Å²) in [5.41, 5.74) is 0.734. The van der Waals surface area contributed by atoms with Crippen LogP contribution in [-0.2, 0) is 18.9 Å². The molecule has 0 aromatic heterocycles. The number of fused-ring (bicyclic) bond motifs is 1. The van der Waals surface area contributed by atoms with Crippen LogP contribution in [0.3, 0.4) is 0 Å². The van der Waals surface area contributed by atoms with Gasteiger partial charge in [-0.1, -0.05) is 45.7 Å². The minimum atomic E-state index is -2.08. The maximum atomic E-state index is 11.6. The fourth-order valence-electron chi connectivity index (χ4n) is 2.80. The van der Waals surface area contributed by atoms with Gasteiger partial charge in [0.2, 0.25) is 0 Å². The molecule has 2 fully saturated rings. The van der Waals surface area contributed by atoms with Crippen molar-refractivity contribution < 1.29 is 23.3 Å².